The average Bonchev–Trinajstić information content (AvgIpc) is 3.00. The first-order valence-corrected chi connectivity index (χ1v) is 8.37. The fourth-order valence-electron chi connectivity index (χ4n) is 3.16. The van der Waals surface area contributed by atoms with Crippen LogP contribution in [0.15, 0.2) is 23.1 Å². The van der Waals surface area contributed by atoms with Crippen molar-refractivity contribution < 1.29 is 23.1 Å². The molecule has 2 aliphatic rings. The molecular weight excluding hydrogens is 294 g/mol. The van der Waals surface area contributed by atoms with Crippen LogP contribution < -0.4 is 4.72 Å². The molecule has 0 amide bonds. The second-order valence-electron chi connectivity index (χ2n) is 5.57. The van der Waals surface area contributed by atoms with Crippen molar-refractivity contribution in [3.63, 3.8) is 0 Å². The largest absolute Gasteiger partial charge is 0.478 e. The number of hydrogen-bond acceptors (Lipinski definition) is 4. The summed E-state index contributed by atoms with van der Waals surface area (Å²) in [7, 11) is -3.75. The molecule has 7 heteroatoms. The molecule has 1 aromatic rings. The molecule has 2 saturated heterocycles. The Bertz CT molecular complexity index is 685. The molecule has 2 bridgehead atoms. The molecule has 2 heterocycles. The van der Waals surface area contributed by atoms with Gasteiger partial charge in [-0.2, -0.15) is 0 Å². The summed E-state index contributed by atoms with van der Waals surface area (Å²) in [5.74, 6) is -1.13. The van der Waals surface area contributed by atoms with Gasteiger partial charge in [0.1, 0.15) is 0 Å². The van der Waals surface area contributed by atoms with Crippen molar-refractivity contribution in [1.82, 2.24) is 4.72 Å². The van der Waals surface area contributed by atoms with Gasteiger partial charge in [-0.1, -0.05) is 6.07 Å². The standard InChI is InChI=1S/C14H17NO5S/c1-8-10(14(16)17)3-2-4-13(8)21(18,19)15-11-7-9-5-6-12(11)20-9/h2-4,9,11-12,15H,5-7H2,1H3,(H,16,17). The van der Waals surface area contributed by atoms with Crippen molar-refractivity contribution in [3.8, 4) is 0 Å². The molecule has 3 unspecified atom stereocenters. The lowest BCUT2D eigenvalue weighted by Gasteiger charge is -2.20. The summed E-state index contributed by atoms with van der Waals surface area (Å²) in [5.41, 5.74) is 0.253. The molecule has 114 valence electrons. The van der Waals surface area contributed by atoms with Crippen molar-refractivity contribution in [2.24, 2.45) is 0 Å². The molecule has 21 heavy (non-hydrogen) atoms. The predicted octanol–water partition coefficient (Wildman–Crippen LogP) is 1.29. The van der Waals surface area contributed by atoms with E-state index in [0.29, 0.717) is 6.42 Å². The number of hydrogen-bond donors (Lipinski definition) is 2. The van der Waals surface area contributed by atoms with E-state index >= 15 is 0 Å². The summed E-state index contributed by atoms with van der Waals surface area (Å²) < 4.78 is 33.3. The summed E-state index contributed by atoms with van der Waals surface area (Å²) in [6.45, 7) is 1.51. The SMILES string of the molecule is Cc1c(C(=O)O)cccc1S(=O)(=O)NC1CC2CCC1O2. The van der Waals surface area contributed by atoms with E-state index in [9.17, 15) is 13.2 Å². The minimum atomic E-state index is -3.75. The molecule has 2 aliphatic heterocycles. The van der Waals surface area contributed by atoms with Crippen LogP contribution in [0.4, 0.5) is 0 Å². The molecule has 0 radical (unpaired) electrons. The van der Waals surface area contributed by atoms with Gasteiger partial charge in [0.2, 0.25) is 10.0 Å². The first-order valence-electron chi connectivity index (χ1n) is 6.89. The van der Waals surface area contributed by atoms with E-state index in [4.69, 9.17) is 9.84 Å². The van der Waals surface area contributed by atoms with E-state index in [1.807, 2.05) is 0 Å². The maximum atomic E-state index is 12.5. The Labute approximate surface area is 123 Å². The Hall–Kier alpha value is -1.44. The Morgan fingerprint density at radius 3 is 2.71 bits per heavy atom. The average molecular weight is 311 g/mol. The smallest absolute Gasteiger partial charge is 0.335 e. The lowest BCUT2D eigenvalue weighted by atomic mass is 9.96. The van der Waals surface area contributed by atoms with Gasteiger partial charge in [0.25, 0.3) is 0 Å². The minimum absolute atomic E-state index is 0.00191. The van der Waals surface area contributed by atoms with Gasteiger partial charge in [0, 0.05) is 0 Å². The Morgan fingerprint density at radius 1 is 1.38 bits per heavy atom. The highest BCUT2D eigenvalue weighted by Crippen LogP contribution is 2.35. The van der Waals surface area contributed by atoms with Gasteiger partial charge < -0.3 is 9.84 Å². The van der Waals surface area contributed by atoms with Crippen LogP contribution in [0.1, 0.15) is 35.2 Å². The van der Waals surface area contributed by atoms with Crippen molar-refractivity contribution in [1.29, 1.82) is 0 Å². The zero-order chi connectivity index (χ0) is 15.2. The molecule has 0 saturated carbocycles. The van der Waals surface area contributed by atoms with Crippen LogP contribution in [-0.4, -0.2) is 37.7 Å². The molecule has 0 aliphatic carbocycles. The zero-order valence-electron chi connectivity index (χ0n) is 11.6. The summed E-state index contributed by atoms with van der Waals surface area (Å²) in [5, 5.41) is 9.09. The first-order chi connectivity index (χ1) is 9.88. The highest BCUT2D eigenvalue weighted by atomic mass is 32.2. The highest BCUT2D eigenvalue weighted by molar-refractivity contribution is 7.89. The molecular formula is C14H17NO5S. The molecule has 0 spiro atoms. The molecule has 3 atom stereocenters. The number of carbonyl (C=O) groups is 1. The summed E-state index contributed by atoms with van der Waals surface area (Å²) in [6, 6.07) is 4.05. The maximum Gasteiger partial charge on any atom is 0.335 e. The van der Waals surface area contributed by atoms with Crippen molar-refractivity contribution in [2.45, 2.75) is 49.3 Å². The highest BCUT2D eigenvalue weighted by Gasteiger charge is 2.42. The quantitative estimate of drug-likeness (QED) is 0.874. The van der Waals surface area contributed by atoms with Crippen LogP contribution in [0.25, 0.3) is 0 Å². The van der Waals surface area contributed by atoms with Gasteiger partial charge in [0.15, 0.2) is 0 Å². The van der Waals surface area contributed by atoms with Crippen LogP contribution in [0, 0.1) is 6.92 Å². The summed E-state index contributed by atoms with van der Waals surface area (Å²) >= 11 is 0. The molecule has 1 aromatic carbocycles. The topological polar surface area (TPSA) is 92.7 Å². The zero-order valence-corrected chi connectivity index (χ0v) is 12.4. The number of sulfonamides is 1. The lowest BCUT2D eigenvalue weighted by molar-refractivity contribution is 0.0695. The van der Waals surface area contributed by atoms with Crippen molar-refractivity contribution in [2.75, 3.05) is 0 Å². The summed E-state index contributed by atoms with van der Waals surface area (Å²) in [4.78, 5) is 11.1. The lowest BCUT2D eigenvalue weighted by Crippen LogP contribution is -2.41. The first kappa shape index (κ1) is 14.5. The Balaban J connectivity index is 1.88. The van der Waals surface area contributed by atoms with Gasteiger partial charge in [-0.3, -0.25) is 0 Å². The number of fused-ring (bicyclic) bond motifs is 2. The number of aromatic carboxylic acids is 1. The molecule has 3 rings (SSSR count). The van der Waals surface area contributed by atoms with E-state index in [1.165, 1.54) is 25.1 Å². The van der Waals surface area contributed by atoms with Gasteiger partial charge in [-0.05, 0) is 43.9 Å². The summed E-state index contributed by atoms with van der Waals surface area (Å²) in [6.07, 6.45) is 2.62. The molecule has 0 aromatic heterocycles. The van der Waals surface area contributed by atoms with Gasteiger partial charge in [0.05, 0.1) is 28.7 Å². The van der Waals surface area contributed by atoms with E-state index in [1.54, 1.807) is 0 Å². The van der Waals surface area contributed by atoms with E-state index in [-0.39, 0.29) is 34.3 Å². The van der Waals surface area contributed by atoms with Gasteiger partial charge >= 0.3 is 5.97 Å². The van der Waals surface area contributed by atoms with E-state index in [2.05, 4.69) is 4.72 Å². The second-order valence-corrected chi connectivity index (χ2v) is 7.25. The van der Waals surface area contributed by atoms with E-state index in [0.717, 1.165) is 12.8 Å². The third-order valence-corrected chi connectivity index (χ3v) is 5.85. The van der Waals surface area contributed by atoms with Crippen molar-refractivity contribution >= 4 is 16.0 Å². The fourth-order valence-corrected chi connectivity index (χ4v) is 4.71. The molecule has 6 nitrogen and oxygen atoms in total. The molecule has 2 fully saturated rings. The van der Waals surface area contributed by atoms with Gasteiger partial charge in [-0.15, -0.1) is 0 Å². The van der Waals surface area contributed by atoms with Crippen LogP contribution >= 0.6 is 0 Å². The van der Waals surface area contributed by atoms with E-state index < -0.39 is 16.0 Å². The van der Waals surface area contributed by atoms with Crippen LogP contribution in [0.3, 0.4) is 0 Å². The predicted molar refractivity (Wildman–Crippen MR) is 74.8 cm³/mol. The monoisotopic (exact) mass is 311 g/mol. The minimum Gasteiger partial charge on any atom is -0.478 e. The fraction of sp³-hybridized carbons (Fsp3) is 0.500. The number of benzene rings is 1. The third-order valence-electron chi connectivity index (χ3n) is 4.22. The Morgan fingerprint density at radius 2 is 2.14 bits per heavy atom. The van der Waals surface area contributed by atoms with Gasteiger partial charge in [-0.25, -0.2) is 17.9 Å². The van der Waals surface area contributed by atoms with Crippen LogP contribution in [-0.2, 0) is 14.8 Å². The maximum absolute atomic E-state index is 12.5. The number of rotatable bonds is 4. The molecule has 2 N–H and O–H groups in total. The third kappa shape index (κ3) is 2.56. The normalized spacial score (nSPS) is 28.0. The van der Waals surface area contributed by atoms with Crippen molar-refractivity contribution in [3.05, 3.63) is 29.3 Å². The second kappa shape index (κ2) is 5.08. The number of nitrogens with one attached hydrogen (secondary N) is 1. The number of carboxylic acids is 1. The Kier molecular flexibility index (Phi) is 3.51. The number of carboxylic acid groups (broad SMARTS) is 1. The van der Waals surface area contributed by atoms with Crippen LogP contribution in [0.2, 0.25) is 0 Å². The number of ether oxygens (including phenoxy) is 1. The van der Waals surface area contributed by atoms with Crippen LogP contribution in [0.5, 0.6) is 0 Å².